The van der Waals surface area contributed by atoms with Gasteiger partial charge in [-0.15, -0.1) is 0 Å². The number of aryl methyl sites for hydroxylation is 2. The molecule has 0 radical (unpaired) electrons. The number of hydrogen-bond donors (Lipinski definition) is 1. The molecule has 0 spiro atoms. The van der Waals surface area contributed by atoms with E-state index in [0.29, 0.717) is 30.1 Å². The molecular weight excluding hydrogens is 328 g/mol. The van der Waals surface area contributed by atoms with Crippen molar-refractivity contribution in [1.82, 2.24) is 15.0 Å². The number of aromatic amines is 1. The quantitative estimate of drug-likeness (QED) is 0.777. The summed E-state index contributed by atoms with van der Waals surface area (Å²) in [6.45, 7) is 11.0. The number of pyridine rings is 1. The number of allylic oxidation sites excluding steroid dienone is 1. The number of nitrogens with one attached hydrogen (secondary N) is 1. The first kappa shape index (κ1) is 18.0. The van der Waals surface area contributed by atoms with Gasteiger partial charge >= 0.3 is 0 Å². The summed E-state index contributed by atoms with van der Waals surface area (Å²) in [6.07, 6.45) is 6.30. The van der Waals surface area contributed by atoms with Crippen molar-refractivity contribution in [2.75, 3.05) is 13.2 Å². The molecule has 6 heteroatoms. The molecule has 2 unspecified atom stereocenters. The van der Waals surface area contributed by atoms with E-state index in [1.165, 1.54) is 0 Å². The molecule has 1 fully saturated rings. The van der Waals surface area contributed by atoms with E-state index in [-0.39, 0.29) is 5.56 Å². The fourth-order valence-corrected chi connectivity index (χ4v) is 3.07. The number of ether oxygens (including phenoxy) is 1. The monoisotopic (exact) mass is 352 g/mol. The van der Waals surface area contributed by atoms with Crippen LogP contribution in [0.25, 0.3) is 11.1 Å². The van der Waals surface area contributed by atoms with E-state index in [1.807, 2.05) is 26.8 Å². The van der Waals surface area contributed by atoms with Gasteiger partial charge in [0.1, 0.15) is 5.82 Å². The van der Waals surface area contributed by atoms with Crippen LogP contribution in [0.15, 0.2) is 40.9 Å². The van der Waals surface area contributed by atoms with Crippen LogP contribution >= 0.6 is 0 Å². The molecule has 2 atom stereocenters. The van der Waals surface area contributed by atoms with E-state index >= 15 is 0 Å². The number of aromatic nitrogens is 3. The number of rotatable bonds is 7. The largest absolute Gasteiger partial charge is 0.477 e. The molecule has 2 heterocycles. The molecule has 1 aliphatic rings. The summed E-state index contributed by atoms with van der Waals surface area (Å²) >= 11 is 0. The highest BCUT2D eigenvalue weighted by Gasteiger charge is 2.40. The summed E-state index contributed by atoms with van der Waals surface area (Å²) in [5.74, 6) is 1.99. The maximum atomic E-state index is 11.7. The Morgan fingerprint density at radius 3 is 3.00 bits per heavy atom. The van der Waals surface area contributed by atoms with Gasteiger partial charge in [0.2, 0.25) is 11.4 Å². The Labute approximate surface area is 153 Å². The van der Waals surface area contributed by atoms with Crippen molar-refractivity contribution in [3.05, 3.63) is 52.9 Å². The average molecular weight is 352 g/mol. The van der Waals surface area contributed by atoms with Gasteiger partial charge in [0.15, 0.2) is 0 Å². The zero-order valence-corrected chi connectivity index (χ0v) is 15.5. The molecule has 2 aromatic rings. The summed E-state index contributed by atoms with van der Waals surface area (Å²) in [7, 11) is 0. The van der Waals surface area contributed by atoms with Crippen molar-refractivity contribution in [3.8, 4) is 17.0 Å². The third-order valence-electron chi connectivity index (χ3n) is 4.58. The predicted octanol–water partition coefficient (Wildman–Crippen LogP) is 3.11. The third kappa shape index (κ3) is 3.90. The first-order valence-corrected chi connectivity index (χ1v) is 8.86. The van der Waals surface area contributed by atoms with Gasteiger partial charge in [0.05, 0.1) is 12.2 Å². The van der Waals surface area contributed by atoms with Crippen LogP contribution in [0.1, 0.15) is 24.7 Å². The van der Waals surface area contributed by atoms with E-state index in [4.69, 9.17) is 4.74 Å². The van der Waals surface area contributed by atoms with E-state index in [1.54, 1.807) is 18.5 Å². The predicted molar refractivity (Wildman–Crippen MR) is 103 cm³/mol. The van der Waals surface area contributed by atoms with Crippen LogP contribution in [-0.2, 0) is 0 Å². The summed E-state index contributed by atoms with van der Waals surface area (Å²) in [5.41, 5.74) is 3.37. The van der Waals surface area contributed by atoms with E-state index in [2.05, 4.69) is 26.5 Å². The zero-order valence-electron chi connectivity index (χ0n) is 15.5. The molecule has 0 saturated heterocycles. The van der Waals surface area contributed by atoms with E-state index in [9.17, 15) is 4.79 Å². The molecule has 3 rings (SSSR count). The molecule has 136 valence electrons. The second-order valence-electron chi connectivity index (χ2n) is 6.55. The minimum absolute atomic E-state index is 0.161. The van der Waals surface area contributed by atoms with Crippen molar-refractivity contribution in [2.24, 2.45) is 16.8 Å². The van der Waals surface area contributed by atoms with Crippen molar-refractivity contribution >= 4 is 5.71 Å². The Balaban J connectivity index is 1.80. The summed E-state index contributed by atoms with van der Waals surface area (Å²) < 4.78 is 6.04. The number of nitrogens with zero attached hydrogens (tertiary/aromatic N) is 3. The maximum Gasteiger partial charge on any atom is 0.248 e. The molecule has 1 saturated carbocycles. The number of H-pyrrole nitrogens is 1. The highest BCUT2D eigenvalue weighted by Crippen LogP contribution is 2.41. The van der Waals surface area contributed by atoms with Gasteiger partial charge in [0, 0.05) is 42.6 Å². The Kier molecular flexibility index (Phi) is 5.30. The lowest BCUT2D eigenvalue weighted by atomic mass is 10.1. The second kappa shape index (κ2) is 7.64. The van der Waals surface area contributed by atoms with Crippen LogP contribution in [0.2, 0.25) is 0 Å². The highest BCUT2D eigenvalue weighted by atomic mass is 16.5. The van der Waals surface area contributed by atoms with Gasteiger partial charge < -0.3 is 9.72 Å². The molecule has 0 aliphatic heterocycles. The average Bonchev–Trinajstić information content (AvgIpc) is 3.39. The molecule has 6 nitrogen and oxygen atoms in total. The Morgan fingerprint density at radius 2 is 2.27 bits per heavy atom. The Morgan fingerprint density at radius 1 is 1.46 bits per heavy atom. The molecule has 1 N–H and O–H groups in total. The topological polar surface area (TPSA) is 80.2 Å². The molecule has 0 aromatic carbocycles. The van der Waals surface area contributed by atoms with Crippen LogP contribution in [0.4, 0.5) is 0 Å². The Hall–Kier alpha value is -2.76. The molecule has 1 aliphatic carbocycles. The van der Waals surface area contributed by atoms with Crippen LogP contribution in [0.5, 0.6) is 5.88 Å². The molecule has 2 aromatic heterocycles. The molecule has 26 heavy (non-hydrogen) atoms. The van der Waals surface area contributed by atoms with E-state index in [0.717, 1.165) is 35.4 Å². The van der Waals surface area contributed by atoms with Gasteiger partial charge in [-0.2, -0.15) is 4.98 Å². The molecule has 0 amide bonds. The normalized spacial score (nSPS) is 19.3. The summed E-state index contributed by atoms with van der Waals surface area (Å²) in [6, 6.07) is 1.56. The summed E-state index contributed by atoms with van der Waals surface area (Å²) in [4.78, 5) is 27.6. The molecular formula is C20H24N4O2. The lowest BCUT2D eigenvalue weighted by Crippen LogP contribution is -2.10. The van der Waals surface area contributed by atoms with Crippen molar-refractivity contribution in [1.29, 1.82) is 0 Å². The van der Waals surface area contributed by atoms with Crippen LogP contribution < -0.4 is 10.3 Å². The van der Waals surface area contributed by atoms with Crippen molar-refractivity contribution < 1.29 is 4.74 Å². The smallest absolute Gasteiger partial charge is 0.248 e. The summed E-state index contributed by atoms with van der Waals surface area (Å²) in [5, 5.41) is 0. The van der Waals surface area contributed by atoms with Gasteiger partial charge in [-0.25, -0.2) is 4.98 Å². The minimum atomic E-state index is -0.161. The zero-order chi connectivity index (χ0) is 18.7. The van der Waals surface area contributed by atoms with Crippen molar-refractivity contribution in [3.63, 3.8) is 0 Å². The van der Waals surface area contributed by atoms with Crippen LogP contribution in [0.3, 0.4) is 0 Å². The number of hydrogen-bond acceptors (Lipinski definition) is 5. The first-order chi connectivity index (χ1) is 12.5. The van der Waals surface area contributed by atoms with Gasteiger partial charge in [0.25, 0.3) is 0 Å². The third-order valence-corrected chi connectivity index (χ3v) is 4.58. The SMILES string of the molecule is C=CC(=NCC)C1CC1COc1nc(C)ncc1-c1cc(=O)[nH]cc1C. The van der Waals surface area contributed by atoms with Crippen LogP contribution in [0, 0.1) is 25.7 Å². The van der Waals surface area contributed by atoms with Crippen molar-refractivity contribution in [2.45, 2.75) is 27.2 Å². The fourth-order valence-electron chi connectivity index (χ4n) is 3.07. The lowest BCUT2D eigenvalue weighted by Gasteiger charge is -2.12. The Bertz CT molecular complexity index is 901. The maximum absolute atomic E-state index is 11.7. The standard InChI is InChI=1S/C20H24N4O2/c1-5-18(21-6-2)16-7-14(16)11-26-20-17(10-22-13(4)24-20)15-8-19(25)23-9-12(15)3/h5,8-10,14,16H,1,6-7,11H2,2-4H3,(H,23,25). The minimum Gasteiger partial charge on any atom is -0.477 e. The van der Waals surface area contributed by atoms with Gasteiger partial charge in [-0.1, -0.05) is 6.58 Å². The molecule has 0 bridgehead atoms. The van der Waals surface area contributed by atoms with Crippen LogP contribution in [-0.4, -0.2) is 33.8 Å². The van der Waals surface area contributed by atoms with E-state index < -0.39 is 0 Å². The second-order valence-corrected chi connectivity index (χ2v) is 6.55. The van der Waals surface area contributed by atoms with Gasteiger partial charge in [-0.05, 0) is 44.4 Å². The fraction of sp³-hybridized carbons (Fsp3) is 0.400. The first-order valence-electron chi connectivity index (χ1n) is 8.86. The van der Waals surface area contributed by atoms with Gasteiger partial charge in [-0.3, -0.25) is 9.79 Å². The number of aliphatic imine (C=N–C) groups is 1. The lowest BCUT2D eigenvalue weighted by molar-refractivity contribution is 0.285. The highest BCUT2D eigenvalue weighted by molar-refractivity contribution is 5.98.